The minimum absolute atomic E-state index is 0.181. The number of rotatable bonds is 3. The maximum atomic E-state index is 5.96. The molecule has 0 unspecified atom stereocenters. The third-order valence-electron chi connectivity index (χ3n) is 1.83. The molecule has 0 saturated heterocycles. The molecule has 1 aromatic rings. The summed E-state index contributed by atoms with van der Waals surface area (Å²) in [6, 6.07) is 5.28. The van der Waals surface area contributed by atoms with Crippen LogP contribution in [0.5, 0.6) is 0 Å². The van der Waals surface area contributed by atoms with Gasteiger partial charge in [0.05, 0.1) is 15.8 Å². The van der Waals surface area contributed by atoms with Crippen molar-refractivity contribution in [3.05, 3.63) is 33.8 Å². The van der Waals surface area contributed by atoms with Gasteiger partial charge < -0.3 is 10.6 Å². The zero-order chi connectivity index (χ0) is 12.7. The topological polar surface area (TPSA) is 47.6 Å². The van der Waals surface area contributed by atoms with E-state index in [0.717, 1.165) is 0 Å². The maximum absolute atomic E-state index is 5.96. The Morgan fingerprint density at radius 1 is 1.47 bits per heavy atom. The quantitative estimate of drug-likeness (QED) is 0.397. The molecule has 0 amide bonds. The zero-order valence-electron chi connectivity index (χ0n) is 9.34. The van der Waals surface area contributed by atoms with E-state index in [1.165, 1.54) is 0 Å². The van der Waals surface area contributed by atoms with Gasteiger partial charge in [0.1, 0.15) is 0 Å². The fraction of sp³-hybridized carbons (Fsp3) is 0.250. The Kier molecular flexibility index (Phi) is 5.85. The van der Waals surface area contributed by atoms with Crippen LogP contribution in [0.1, 0.15) is 12.5 Å². The molecule has 0 aliphatic rings. The third-order valence-corrected chi connectivity index (χ3v) is 2.65. The molecule has 90 valence electrons. The number of nitrogens with zero attached hydrogens (tertiary/aromatic N) is 1. The highest BCUT2D eigenvalue weighted by Crippen LogP contribution is 2.24. The molecule has 0 bridgehead atoms. The molecule has 0 saturated carbocycles. The number of hydrogen-bond acceptors (Lipinski definition) is 3. The lowest BCUT2D eigenvalue weighted by atomic mass is 10.2. The first-order chi connectivity index (χ1) is 8.15. The lowest BCUT2D eigenvalue weighted by Gasteiger charge is -1.97. The van der Waals surface area contributed by atoms with E-state index in [0.29, 0.717) is 27.9 Å². The molecule has 1 rings (SSSR count). The van der Waals surface area contributed by atoms with E-state index in [4.69, 9.17) is 33.8 Å². The van der Waals surface area contributed by atoms with Gasteiger partial charge in [-0.2, -0.15) is 0 Å². The van der Waals surface area contributed by atoms with Crippen molar-refractivity contribution in [2.24, 2.45) is 10.9 Å². The highest BCUT2D eigenvalue weighted by molar-refractivity contribution is 6.42. The molecule has 0 aromatic heterocycles. The lowest BCUT2D eigenvalue weighted by Crippen LogP contribution is -2.09. The van der Waals surface area contributed by atoms with Gasteiger partial charge >= 0.3 is 0 Å². The Morgan fingerprint density at radius 3 is 2.94 bits per heavy atom. The number of nitrogens with two attached hydrogens (primary N) is 1. The number of benzene rings is 1. The summed E-state index contributed by atoms with van der Waals surface area (Å²) in [7, 11) is 0. The van der Waals surface area contributed by atoms with Crippen LogP contribution in [-0.2, 0) is 4.84 Å². The van der Waals surface area contributed by atoms with Crippen molar-refractivity contribution >= 4 is 28.9 Å². The Morgan fingerprint density at radius 2 is 2.24 bits per heavy atom. The van der Waals surface area contributed by atoms with E-state index in [-0.39, 0.29) is 6.61 Å². The second-order valence-corrected chi connectivity index (χ2v) is 3.99. The van der Waals surface area contributed by atoms with Gasteiger partial charge in [-0.25, -0.2) is 0 Å². The predicted octanol–water partition coefficient (Wildman–Crippen LogP) is 2.70. The van der Waals surface area contributed by atoms with E-state index in [1.54, 1.807) is 25.1 Å². The first-order valence-electron chi connectivity index (χ1n) is 4.93. The molecular weight excluding hydrogens is 259 g/mol. The van der Waals surface area contributed by atoms with Gasteiger partial charge in [0, 0.05) is 12.1 Å². The minimum atomic E-state index is 0.181. The van der Waals surface area contributed by atoms with Crippen LogP contribution in [0.25, 0.3) is 0 Å². The smallest absolute Gasteiger partial charge is 0.177 e. The summed E-state index contributed by atoms with van der Waals surface area (Å²) in [4.78, 5) is 4.94. The third kappa shape index (κ3) is 4.66. The summed E-state index contributed by atoms with van der Waals surface area (Å²) in [5.41, 5.74) is 6.72. The van der Waals surface area contributed by atoms with Gasteiger partial charge in [0.25, 0.3) is 0 Å². The molecular formula is C12H12Cl2N2O. The van der Waals surface area contributed by atoms with Crippen LogP contribution in [-0.4, -0.2) is 18.9 Å². The fourth-order valence-electron chi connectivity index (χ4n) is 0.944. The summed E-state index contributed by atoms with van der Waals surface area (Å²) in [5, 5.41) is 4.67. The van der Waals surface area contributed by atoms with Crippen LogP contribution >= 0.6 is 23.2 Å². The van der Waals surface area contributed by atoms with Crippen molar-refractivity contribution in [3.8, 4) is 11.8 Å². The van der Waals surface area contributed by atoms with E-state index in [2.05, 4.69) is 17.0 Å². The minimum Gasteiger partial charge on any atom is -0.383 e. The van der Waals surface area contributed by atoms with Crippen LogP contribution < -0.4 is 5.73 Å². The van der Waals surface area contributed by atoms with E-state index < -0.39 is 0 Å². The molecule has 0 atom stereocenters. The SMILES string of the molecule is CC(CN)=NOCC#Cc1cccc(Cl)c1Cl. The molecule has 17 heavy (non-hydrogen) atoms. The number of oxime groups is 1. The summed E-state index contributed by atoms with van der Waals surface area (Å²) in [5.74, 6) is 5.64. The van der Waals surface area contributed by atoms with Crippen molar-refractivity contribution in [2.45, 2.75) is 6.92 Å². The normalized spacial score (nSPS) is 10.7. The zero-order valence-corrected chi connectivity index (χ0v) is 10.8. The molecule has 0 fully saturated rings. The van der Waals surface area contributed by atoms with Crippen molar-refractivity contribution < 1.29 is 4.84 Å². The van der Waals surface area contributed by atoms with E-state index in [9.17, 15) is 0 Å². The molecule has 2 N–H and O–H groups in total. The van der Waals surface area contributed by atoms with Crippen LogP contribution in [0.3, 0.4) is 0 Å². The molecule has 1 aromatic carbocycles. The summed E-state index contributed by atoms with van der Waals surface area (Å²) < 4.78 is 0. The Labute approximate surface area is 111 Å². The first-order valence-corrected chi connectivity index (χ1v) is 5.69. The second-order valence-electron chi connectivity index (χ2n) is 3.21. The average Bonchev–Trinajstić information content (AvgIpc) is 2.33. The monoisotopic (exact) mass is 270 g/mol. The highest BCUT2D eigenvalue weighted by atomic mass is 35.5. The van der Waals surface area contributed by atoms with Gasteiger partial charge in [-0.05, 0) is 19.1 Å². The fourth-order valence-corrected chi connectivity index (χ4v) is 1.29. The van der Waals surface area contributed by atoms with Crippen LogP contribution in [0.2, 0.25) is 10.0 Å². The largest absolute Gasteiger partial charge is 0.383 e. The summed E-state index contributed by atoms with van der Waals surface area (Å²) in [6.45, 7) is 2.33. The molecule has 0 radical (unpaired) electrons. The standard InChI is InChI=1S/C12H12Cl2N2O/c1-9(8-15)16-17-7-3-5-10-4-2-6-11(13)12(10)14/h2,4,6H,7-8,15H2,1H3. The Balaban J connectivity index is 2.58. The van der Waals surface area contributed by atoms with Gasteiger partial charge in [-0.3, -0.25) is 0 Å². The van der Waals surface area contributed by atoms with Gasteiger partial charge in [0.15, 0.2) is 6.61 Å². The van der Waals surface area contributed by atoms with Crippen molar-refractivity contribution in [3.63, 3.8) is 0 Å². The van der Waals surface area contributed by atoms with Crippen LogP contribution in [0, 0.1) is 11.8 Å². The van der Waals surface area contributed by atoms with Crippen LogP contribution in [0.15, 0.2) is 23.4 Å². The molecule has 0 heterocycles. The van der Waals surface area contributed by atoms with E-state index in [1.807, 2.05) is 0 Å². The maximum Gasteiger partial charge on any atom is 0.177 e. The second kappa shape index (κ2) is 7.18. The summed E-state index contributed by atoms with van der Waals surface area (Å²) in [6.07, 6.45) is 0. The summed E-state index contributed by atoms with van der Waals surface area (Å²) >= 11 is 11.8. The van der Waals surface area contributed by atoms with E-state index >= 15 is 0 Å². The number of hydrogen-bond donors (Lipinski definition) is 1. The molecule has 0 aliphatic heterocycles. The molecule has 0 aliphatic carbocycles. The Hall–Kier alpha value is -1.21. The Bertz CT molecular complexity index is 475. The molecule has 0 spiro atoms. The van der Waals surface area contributed by atoms with Crippen LogP contribution in [0.4, 0.5) is 0 Å². The average molecular weight is 271 g/mol. The number of halogens is 2. The van der Waals surface area contributed by atoms with Crippen molar-refractivity contribution in [2.75, 3.05) is 13.2 Å². The lowest BCUT2D eigenvalue weighted by molar-refractivity contribution is 0.179. The van der Waals surface area contributed by atoms with Gasteiger partial charge in [0.2, 0.25) is 0 Å². The first kappa shape index (κ1) is 13.9. The van der Waals surface area contributed by atoms with Gasteiger partial charge in [-0.1, -0.05) is 46.3 Å². The van der Waals surface area contributed by atoms with Crippen molar-refractivity contribution in [1.29, 1.82) is 0 Å². The van der Waals surface area contributed by atoms with Crippen molar-refractivity contribution in [1.82, 2.24) is 0 Å². The molecule has 3 nitrogen and oxygen atoms in total. The van der Waals surface area contributed by atoms with Gasteiger partial charge in [-0.15, -0.1) is 0 Å². The predicted molar refractivity (Wildman–Crippen MR) is 71.5 cm³/mol. The highest BCUT2D eigenvalue weighted by Gasteiger charge is 2.00. The molecule has 5 heteroatoms.